The number of hydrogen-bond acceptors (Lipinski definition) is 8. The fraction of sp³-hybridized carbons (Fsp3) is 0. The molecule has 0 unspecified atom stereocenters. The van der Waals surface area contributed by atoms with Crippen LogP contribution in [-0.2, 0) is 0 Å². The van der Waals surface area contributed by atoms with E-state index < -0.39 is 21.7 Å². The molecular weight excluding hydrogens is 540 g/mol. The third-order valence-corrected chi connectivity index (χ3v) is 6.13. The first-order chi connectivity index (χ1) is 20.3. The van der Waals surface area contributed by atoms with Crippen LogP contribution < -0.4 is 10.6 Å². The molecule has 0 aliphatic rings. The first-order valence-corrected chi connectivity index (χ1v) is 12.4. The maximum atomic E-state index is 12.5. The monoisotopic (exact) mass is 560 g/mol. The predicted octanol–water partition coefficient (Wildman–Crippen LogP) is 6.13. The van der Waals surface area contributed by atoms with E-state index in [1.54, 1.807) is 60.8 Å². The maximum Gasteiger partial charge on any atom is 0.270 e. The minimum Gasteiger partial charge on any atom is -0.322 e. The molecule has 0 atom stereocenters. The van der Waals surface area contributed by atoms with Crippen molar-refractivity contribution >= 4 is 34.6 Å². The van der Waals surface area contributed by atoms with Gasteiger partial charge in [0.25, 0.3) is 23.2 Å². The molecule has 206 valence electrons. The zero-order valence-corrected chi connectivity index (χ0v) is 21.6. The zero-order chi connectivity index (χ0) is 29.6. The Morgan fingerprint density at radius 2 is 1.10 bits per heavy atom. The Bertz CT molecular complexity index is 1690. The summed E-state index contributed by atoms with van der Waals surface area (Å²) in [5.41, 5.74) is 3.11. The maximum absolute atomic E-state index is 12.5. The molecule has 2 amide bonds. The van der Waals surface area contributed by atoms with E-state index in [1.807, 2.05) is 0 Å². The molecule has 5 rings (SSSR count). The van der Waals surface area contributed by atoms with Gasteiger partial charge in [-0.05, 0) is 54.6 Å². The van der Waals surface area contributed by atoms with Crippen LogP contribution in [0.4, 0.5) is 22.7 Å². The van der Waals surface area contributed by atoms with Gasteiger partial charge in [0.05, 0.1) is 15.5 Å². The number of amides is 2. The standard InChI is InChI=1S/C30H20N6O6/c37-29(21-3-1-5-25(17-21)35(39)40)32-23-11-7-19(8-12-23)27-15-16-31-28(34-27)20-9-13-24(14-10-20)33-30(38)22-4-2-6-26(18-22)36(41)42/h1-18H,(H,32,37)(H,33,38). The van der Waals surface area contributed by atoms with Crippen LogP contribution in [0.5, 0.6) is 0 Å². The number of benzene rings is 4. The minimum absolute atomic E-state index is 0.166. The highest BCUT2D eigenvalue weighted by Crippen LogP contribution is 2.24. The van der Waals surface area contributed by atoms with Crippen LogP contribution in [0, 0.1) is 20.2 Å². The first-order valence-electron chi connectivity index (χ1n) is 12.4. The Hall–Kier alpha value is -6.30. The number of aromatic nitrogens is 2. The molecule has 0 saturated heterocycles. The normalized spacial score (nSPS) is 10.5. The second-order valence-corrected chi connectivity index (χ2v) is 8.94. The molecule has 12 heteroatoms. The van der Waals surface area contributed by atoms with E-state index in [9.17, 15) is 29.8 Å². The highest BCUT2D eigenvalue weighted by Gasteiger charge is 2.14. The van der Waals surface area contributed by atoms with Gasteiger partial charge in [-0.1, -0.05) is 24.3 Å². The van der Waals surface area contributed by atoms with E-state index in [0.717, 1.165) is 5.56 Å². The van der Waals surface area contributed by atoms with Crippen LogP contribution in [0.2, 0.25) is 0 Å². The summed E-state index contributed by atoms with van der Waals surface area (Å²) in [6.07, 6.45) is 1.62. The van der Waals surface area contributed by atoms with Crippen LogP contribution in [0.25, 0.3) is 22.6 Å². The van der Waals surface area contributed by atoms with E-state index in [0.29, 0.717) is 28.5 Å². The summed E-state index contributed by atoms with van der Waals surface area (Å²) >= 11 is 0. The number of nitrogens with zero attached hydrogens (tertiary/aromatic N) is 4. The Kier molecular flexibility index (Phi) is 7.69. The molecule has 0 bridgehead atoms. The number of hydrogen-bond donors (Lipinski definition) is 2. The summed E-state index contributed by atoms with van der Waals surface area (Å²) in [5.74, 6) is -0.498. The summed E-state index contributed by atoms with van der Waals surface area (Å²) in [5, 5.41) is 27.4. The van der Waals surface area contributed by atoms with Crippen LogP contribution in [0.15, 0.2) is 109 Å². The fourth-order valence-corrected chi connectivity index (χ4v) is 4.01. The highest BCUT2D eigenvalue weighted by molar-refractivity contribution is 6.05. The van der Waals surface area contributed by atoms with Gasteiger partial charge in [-0.3, -0.25) is 29.8 Å². The molecule has 2 N–H and O–H groups in total. The Morgan fingerprint density at radius 1 is 0.619 bits per heavy atom. The predicted molar refractivity (Wildman–Crippen MR) is 155 cm³/mol. The summed E-state index contributed by atoms with van der Waals surface area (Å²) in [6.45, 7) is 0. The summed E-state index contributed by atoms with van der Waals surface area (Å²) in [6, 6.07) is 26.5. The summed E-state index contributed by atoms with van der Waals surface area (Å²) in [7, 11) is 0. The van der Waals surface area contributed by atoms with Crippen molar-refractivity contribution in [1.82, 2.24) is 9.97 Å². The molecular formula is C30H20N6O6. The van der Waals surface area contributed by atoms with Gasteiger partial charge in [0.15, 0.2) is 5.82 Å². The van der Waals surface area contributed by atoms with Crippen molar-refractivity contribution in [3.63, 3.8) is 0 Å². The number of nitrogens with one attached hydrogen (secondary N) is 2. The lowest BCUT2D eigenvalue weighted by Crippen LogP contribution is -2.12. The van der Waals surface area contributed by atoms with E-state index in [-0.39, 0.29) is 22.5 Å². The van der Waals surface area contributed by atoms with Crippen molar-refractivity contribution in [3.8, 4) is 22.6 Å². The Labute approximate surface area is 238 Å². The van der Waals surface area contributed by atoms with Gasteiger partial charge in [-0.25, -0.2) is 9.97 Å². The molecule has 1 heterocycles. The number of rotatable bonds is 8. The third-order valence-electron chi connectivity index (χ3n) is 6.13. The molecule has 0 radical (unpaired) electrons. The lowest BCUT2D eigenvalue weighted by Gasteiger charge is -2.08. The van der Waals surface area contributed by atoms with Crippen molar-refractivity contribution in [2.45, 2.75) is 0 Å². The van der Waals surface area contributed by atoms with E-state index >= 15 is 0 Å². The van der Waals surface area contributed by atoms with E-state index in [2.05, 4.69) is 20.6 Å². The Balaban J connectivity index is 1.26. The van der Waals surface area contributed by atoms with Gasteiger partial charge in [0, 0.05) is 64.1 Å². The second-order valence-electron chi connectivity index (χ2n) is 8.94. The summed E-state index contributed by atoms with van der Waals surface area (Å²) in [4.78, 5) is 54.9. The molecule has 0 spiro atoms. The van der Waals surface area contributed by atoms with Crippen molar-refractivity contribution in [2.24, 2.45) is 0 Å². The molecule has 0 fully saturated rings. The van der Waals surface area contributed by atoms with Crippen LogP contribution in [0.1, 0.15) is 20.7 Å². The van der Waals surface area contributed by atoms with Crippen molar-refractivity contribution in [1.29, 1.82) is 0 Å². The van der Waals surface area contributed by atoms with Crippen LogP contribution in [0.3, 0.4) is 0 Å². The van der Waals surface area contributed by atoms with Gasteiger partial charge in [0.1, 0.15) is 0 Å². The van der Waals surface area contributed by atoms with E-state index in [1.165, 1.54) is 48.5 Å². The SMILES string of the molecule is O=C(Nc1ccc(-c2ccnc(-c3ccc(NC(=O)c4cccc([N+](=O)[O-])c4)cc3)n2)cc1)c1cccc([N+](=O)[O-])c1. The molecule has 0 aliphatic heterocycles. The van der Waals surface area contributed by atoms with Crippen molar-refractivity contribution in [3.05, 3.63) is 141 Å². The average Bonchev–Trinajstić information content (AvgIpc) is 3.02. The smallest absolute Gasteiger partial charge is 0.270 e. The van der Waals surface area contributed by atoms with E-state index in [4.69, 9.17) is 0 Å². The van der Waals surface area contributed by atoms with Gasteiger partial charge in [0.2, 0.25) is 0 Å². The second kappa shape index (κ2) is 11.8. The molecule has 1 aromatic heterocycles. The van der Waals surface area contributed by atoms with Gasteiger partial charge < -0.3 is 10.6 Å². The molecule has 0 aliphatic carbocycles. The van der Waals surface area contributed by atoms with Gasteiger partial charge in [-0.2, -0.15) is 0 Å². The topological polar surface area (TPSA) is 170 Å². The van der Waals surface area contributed by atoms with Gasteiger partial charge in [-0.15, -0.1) is 0 Å². The molecule has 0 saturated carbocycles. The molecule has 12 nitrogen and oxygen atoms in total. The lowest BCUT2D eigenvalue weighted by molar-refractivity contribution is -0.385. The largest absolute Gasteiger partial charge is 0.322 e. The average molecular weight is 561 g/mol. The zero-order valence-electron chi connectivity index (χ0n) is 21.6. The molecule has 4 aromatic carbocycles. The Morgan fingerprint density at radius 3 is 1.57 bits per heavy atom. The van der Waals surface area contributed by atoms with Crippen LogP contribution >= 0.6 is 0 Å². The van der Waals surface area contributed by atoms with Crippen molar-refractivity contribution < 1.29 is 19.4 Å². The number of carbonyl (C=O) groups is 2. The third kappa shape index (κ3) is 6.29. The first kappa shape index (κ1) is 27.3. The van der Waals surface area contributed by atoms with Gasteiger partial charge >= 0.3 is 0 Å². The fourth-order valence-electron chi connectivity index (χ4n) is 4.01. The minimum atomic E-state index is -0.560. The number of nitro groups is 2. The summed E-state index contributed by atoms with van der Waals surface area (Å²) < 4.78 is 0. The number of carbonyl (C=O) groups excluding carboxylic acids is 2. The number of anilines is 2. The number of non-ortho nitro benzene ring substituents is 2. The highest BCUT2D eigenvalue weighted by atomic mass is 16.6. The lowest BCUT2D eigenvalue weighted by atomic mass is 10.1. The van der Waals surface area contributed by atoms with Crippen LogP contribution in [-0.4, -0.2) is 31.6 Å². The van der Waals surface area contributed by atoms with Crippen molar-refractivity contribution in [2.75, 3.05) is 10.6 Å². The quantitative estimate of drug-likeness (QED) is 0.168. The number of nitro benzene ring substituents is 2. The molecule has 42 heavy (non-hydrogen) atoms. The molecule has 5 aromatic rings.